The summed E-state index contributed by atoms with van der Waals surface area (Å²) in [7, 11) is 0. The van der Waals surface area contributed by atoms with Crippen LogP contribution in [-0.2, 0) is 11.3 Å². The molecule has 1 aromatic rings. The smallest absolute Gasteiger partial charge is 0.143 e. The Labute approximate surface area is 119 Å². The Morgan fingerprint density at radius 2 is 1.94 bits per heavy atom. The molecule has 1 atom stereocenters. The number of phenols is 1. The number of phenolic OH excluding ortho intramolecular Hbond substituents is 1. The van der Waals surface area contributed by atoms with Crippen molar-refractivity contribution < 1.29 is 9.84 Å². The number of rotatable bonds is 6. The summed E-state index contributed by atoms with van der Waals surface area (Å²) in [5.41, 5.74) is 1.10. The van der Waals surface area contributed by atoms with Gasteiger partial charge in [-0.2, -0.15) is 0 Å². The van der Waals surface area contributed by atoms with Crippen LogP contribution in [0.5, 0.6) is 5.75 Å². The normalized spacial score (nSPS) is 12.7. The molecule has 0 aromatic heterocycles. The SMILES string of the molecule is CCOCC(C)NCc1cc(Br)c(O)c(Br)c1. The van der Waals surface area contributed by atoms with Crippen LogP contribution >= 0.6 is 31.9 Å². The van der Waals surface area contributed by atoms with Gasteiger partial charge in [-0.15, -0.1) is 0 Å². The van der Waals surface area contributed by atoms with E-state index in [1.165, 1.54) is 0 Å². The largest absolute Gasteiger partial charge is 0.506 e. The van der Waals surface area contributed by atoms with Crippen LogP contribution in [0.1, 0.15) is 19.4 Å². The zero-order valence-corrected chi connectivity index (χ0v) is 13.1. The number of hydrogen-bond donors (Lipinski definition) is 2. The van der Waals surface area contributed by atoms with Crippen LogP contribution in [0.2, 0.25) is 0 Å². The van der Waals surface area contributed by atoms with Gasteiger partial charge in [-0.25, -0.2) is 0 Å². The number of nitrogens with one attached hydrogen (secondary N) is 1. The highest BCUT2D eigenvalue weighted by Gasteiger charge is 2.07. The Morgan fingerprint density at radius 3 is 2.47 bits per heavy atom. The third-order valence-corrected chi connectivity index (χ3v) is 3.51. The molecule has 5 heteroatoms. The summed E-state index contributed by atoms with van der Waals surface area (Å²) >= 11 is 6.63. The van der Waals surface area contributed by atoms with E-state index in [-0.39, 0.29) is 5.75 Å². The van der Waals surface area contributed by atoms with Gasteiger partial charge in [0, 0.05) is 19.2 Å². The van der Waals surface area contributed by atoms with Gasteiger partial charge in [0.2, 0.25) is 0 Å². The Hall–Kier alpha value is -0.100. The average Bonchev–Trinajstić information content (AvgIpc) is 2.30. The molecule has 1 unspecified atom stereocenters. The summed E-state index contributed by atoms with van der Waals surface area (Å²) in [4.78, 5) is 0. The molecule has 0 spiro atoms. The van der Waals surface area contributed by atoms with Gasteiger partial charge in [0.25, 0.3) is 0 Å². The van der Waals surface area contributed by atoms with E-state index >= 15 is 0 Å². The second-order valence-corrected chi connectivity index (χ2v) is 5.56. The van der Waals surface area contributed by atoms with E-state index in [1.807, 2.05) is 19.1 Å². The van der Waals surface area contributed by atoms with Crippen LogP contribution in [0, 0.1) is 0 Å². The Morgan fingerprint density at radius 1 is 1.35 bits per heavy atom. The molecule has 2 N–H and O–H groups in total. The Kier molecular flexibility index (Phi) is 6.48. The number of hydrogen-bond acceptors (Lipinski definition) is 3. The fourth-order valence-electron chi connectivity index (χ4n) is 1.37. The first kappa shape index (κ1) is 15.0. The van der Waals surface area contributed by atoms with Gasteiger partial charge >= 0.3 is 0 Å². The van der Waals surface area contributed by atoms with Crippen molar-refractivity contribution in [3.8, 4) is 5.75 Å². The standard InChI is InChI=1S/C12H17Br2NO2/c1-3-17-7-8(2)15-6-9-4-10(13)12(16)11(14)5-9/h4-5,8,15-16H,3,6-7H2,1-2H3. The van der Waals surface area contributed by atoms with Crippen molar-refractivity contribution in [1.82, 2.24) is 5.32 Å². The predicted molar refractivity (Wildman–Crippen MR) is 76.3 cm³/mol. The second-order valence-electron chi connectivity index (χ2n) is 3.85. The number of aromatic hydroxyl groups is 1. The maximum Gasteiger partial charge on any atom is 0.143 e. The first-order chi connectivity index (χ1) is 8.04. The predicted octanol–water partition coefficient (Wildman–Crippen LogP) is 3.43. The van der Waals surface area contributed by atoms with Crippen molar-refractivity contribution in [2.24, 2.45) is 0 Å². The van der Waals surface area contributed by atoms with Crippen molar-refractivity contribution in [1.29, 1.82) is 0 Å². The molecule has 0 saturated carbocycles. The highest BCUT2D eigenvalue weighted by molar-refractivity contribution is 9.11. The van der Waals surface area contributed by atoms with E-state index in [9.17, 15) is 5.11 Å². The van der Waals surface area contributed by atoms with Gasteiger partial charge in [0.05, 0.1) is 15.6 Å². The summed E-state index contributed by atoms with van der Waals surface area (Å²) in [6.45, 7) is 6.26. The van der Waals surface area contributed by atoms with Crippen molar-refractivity contribution >= 4 is 31.9 Å². The summed E-state index contributed by atoms with van der Waals surface area (Å²) in [6, 6.07) is 4.11. The maximum atomic E-state index is 9.59. The van der Waals surface area contributed by atoms with Crippen LogP contribution in [-0.4, -0.2) is 24.4 Å². The molecule has 0 aliphatic carbocycles. The first-order valence-electron chi connectivity index (χ1n) is 5.52. The van der Waals surface area contributed by atoms with Gasteiger partial charge < -0.3 is 15.2 Å². The van der Waals surface area contributed by atoms with Gasteiger partial charge in [0.15, 0.2) is 0 Å². The maximum absolute atomic E-state index is 9.59. The highest BCUT2D eigenvalue weighted by atomic mass is 79.9. The lowest BCUT2D eigenvalue weighted by Crippen LogP contribution is -2.30. The van der Waals surface area contributed by atoms with Gasteiger partial charge in [-0.05, 0) is 63.4 Å². The fourth-order valence-corrected chi connectivity index (χ4v) is 2.65. The van der Waals surface area contributed by atoms with Crippen molar-refractivity contribution in [2.45, 2.75) is 26.4 Å². The van der Waals surface area contributed by atoms with Crippen LogP contribution in [0.3, 0.4) is 0 Å². The molecule has 0 saturated heterocycles. The van der Waals surface area contributed by atoms with Gasteiger partial charge in [0.1, 0.15) is 5.75 Å². The number of halogens is 2. The third kappa shape index (κ3) is 4.95. The van der Waals surface area contributed by atoms with Crippen molar-refractivity contribution in [3.63, 3.8) is 0 Å². The van der Waals surface area contributed by atoms with Crippen LogP contribution < -0.4 is 5.32 Å². The molecule has 17 heavy (non-hydrogen) atoms. The summed E-state index contributed by atoms with van der Waals surface area (Å²) in [6.07, 6.45) is 0. The summed E-state index contributed by atoms with van der Waals surface area (Å²) in [5.74, 6) is 0.233. The average molecular weight is 367 g/mol. The van der Waals surface area contributed by atoms with Crippen LogP contribution in [0.25, 0.3) is 0 Å². The molecule has 0 radical (unpaired) electrons. The molecule has 0 heterocycles. The lowest BCUT2D eigenvalue weighted by Gasteiger charge is -2.14. The molecular weight excluding hydrogens is 350 g/mol. The quantitative estimate of drug-likeness (QED) is 0.810. The topological polar surface area (TPSA) is 41.5 Å². The minimum Gasteiger partial charge on any atom is -0.506 e. The molecule has 96 valence electrons. The van der Waals surface area contributed by atoms with Gasteiger partial charge in [-0.3, -0.25) is 0 Å². The molecule has 1 aromatic carbocycles. The Balaban J connectivity index is 2.52. The van der Waals surface area contributed by atoms with Gasteiger partial charge in [-0.1, -0.05) is 0 Å². The molecule has 0 aliphatic rings. The zero-order valence-electron chi connectivity index (χ0n) is 9.96. The Bertz CT molecular complexity index is 349. The van der Waals surface area contributed by atoms with Crippen molar-refractivity contribution in [2.75, 3.05) is 13.2 Å². The van der Waals surface area contributed by atoms with Crippen LogP contribution in [0.4, 0.5) is 0 Å². The third-order valence-electron chi connectivity index (χ3n) is 2.30. The molecule has 0 fully saturated rings. The lowest BCUT2D eigenvalue weighted by molar-refractivity contribution is 0.127. The monoisotopic (exact) mass is 365 g/mol. The minimum atomic E-state index is 0.233. The second kappa shape index (κ2) is 7.36. The summed E-state index contributed by atoms with van der Waals surface area (Å²) < 4.78 is 6.72. The molecule has 0 aliphatic heterocycles. The molecule has 0 amide bonds. The summed E-state index contributed by atoms with van der Waals surface area (Å²) in [5, 5.41) is 12.9. The van der Waals surface area contributed by atoms with E-state index in [0.717, 1.165) is 18.7 Å². The van der Waals surface area contributed by atoms with E-state index in [2.05, 4.69) is 44.1 Å². The minimum absolute atomic E-state index is 0.233. The lowest BCUT2D eigenvalue weighted by atomic mass is 10.2. The van der Waals surface area contributed by atoms with Crippen molar-refractivity contribution in [3.05, 3.63) is 26.6 Å². The molecule has 1 rings (SSSR count). The van der Waals surface area contributed by atoms with E-state index in [0.29, 0.717) is 21.6 Å². The van der Waals surface area contributed by atoms with E-state index < -0.39 is 0 Å². The van der Waals surface area contributed by atoms with Crippen LogP contribution in [0.15, 0.2) is 21.1 Å². The highest BCUT2D eigenvalue weighted by Crippen LogP contribution is 2.33. The molecular formula is C12H17Br2NO2. The van der Waals surface area contributed by atoms with E-state index in [4.69, 9.17) is 4.74 Å². The molecule has 3 nitrogen and oxygen atoms in total. The van der Waals surface area contributed by atoms with E-state index in [1.54, 1.807) is 0 Å². The first-order valence-corrected chi connectivity index (χ1v) is 7.11. The fraction of sp³-hybridized carbons (Fsp3) is 0.500. The molecule has 0 bridgehead atoms. The number of ether oxygens (including phenoxy) is 1. The number of benzene rings is 1. The zero-order chi connectivity index (χ0) is 12.8.